The van der Waals surface area contributed by atoms with Crippen LogP contribution in [0.3, 0.4) is 0 Å². The summed E-state index contributed by atoms with van der Waals surface area (Å²) in [4.78, 5) is 55.7. The van der Waals surface area contributed by atoms with Gasteiger partial charge in [0.05, 0.1) is 11.7 Å². The van der Waals surface area contributed by atoms with Gasteiger partial charge in [-0.2, -0.15) is 0 Å². The van der Waals surface area contributed by atoms with Crippen LogP contribution in [0, 0.1) is 28.5 Å². The first kappa shape index (κ1) is 33.3. The molecule has 0 amide bonds. The Balaban J connectivity index is 1.50. The highest BCUT2D eigenvalue weighted by Gasteiger charge is 2.71. The second-order valence-corrected chi connectivity index (χ2v) is 13.7. The molecular weight excluding hydrogens is 625 g/mol. The Hall–Kier alpha value is -4.58. The van der Waals surface area contributed by atoms with E-state index in [0.29, 0.717) is 18.4 Å². The van der Waals surface area contributed by atoms with Gasteiger partial charge in [0, 0.05) is 49.2 Å². The molecule has 11 nitrogen and oxygen atoms in total. The van der Waals surface area contributed by atoms with Crippen molar-refractivity contribution in [1.82, 2.24) is 4.98 Å². The highest BCUT2D eigenvalue weighted by atomic mass is 19.1. The van der Waals surface area contributed by atoms with Gasteiger partial charge in [-0.1, -0.05) is 13.8 Å². The van der Waals surface area contributed by atoms with Crippen molar-refractivity contribution in [3.05, 3.63) is 82.2 Å². The predicted molar refractivity (Wildman–Crippen MR) is 167 cm³/mol. The fourth-order valence-electron chi connectivity index (χ4n) is 8.62. The van der Waals surface area contributed by atoms with Crippen molar-refractivity contribution in [3.8, 4) is 17.1 Å². The Morgan fingerprint density at radius 3 is 2.42 bits per heavy atom. The minimum absolute atomic E-state index is 0.0700. The summed E-state index contributed by atoms with van der Waals surface area (Å²) in [5.41, 5.74) is -3.47. The van der Waals surface area contributed by atoms with Crippen molar-refractivity contribution in [2.24, 2.45) is 22.7 Å². The van der Waals surface area contributed by atoms with Gasteiger partial charge in [0.1, 0.15) is 47.3 Å². The van der Waals surface area contributed by atoms with Gasteiger partial charge in [-0.3, -0.25) is 14.6 Å². The lowest BCUT2D eigenvalue weighted by Crippen LogP contribution is -2.71. The smallest absolute Gasteiger partial charge is 0.345 e. The van der Waals surface area contributed by atoms with E-state index in [1.807, 2.05) is 13.8 Å². The highest BCUT2D eigenvalue weighted by Crippen LogP contribution is 2.67. The maximum absolute atomic E-state index is 13.7. The largest absolute Gasteiger partial charge is 0.482 e. The molecule has 0 bridgehead atoms. The van der Waals surface area contributed by atoms with E-state index in [4.69, 9.17) is 23.4 Å². The molecular formula is C36H38FNO10. The second-order valence-electron chi connectivity index (χ2n) is 13.7. The maximum Gasteiger partial charge on any atom is 0.345 e. The van der Waals surface area contributed by atoms with Crippen LogP contribution >= 0.6 is 0 Å². The number of hydrogen-bond acceptors (Lipinski definition) is 11. The number of aliphatic hydroxyl groups is 1. The summed E-state index contributed by atoms with van der Waals surface area (Å²) in [6.45, 7) is 8.04. The lowest BCUT2D eigenvalue weighted by atomic mass is 9.42. The molecule has 0 spiro atoms. The predicted octanol–water partition coefficient (Wildman–Crippen LogP) is 5.19. The van der Waals surface area contributed by atoms with Crippen LogP contribution in [0.25, 0.3) is 11.3 Å². The molecule has 1 aliphatic heterocycles. The number of hydrogen-bond donors (Lipinski definition) is 1. The molecule has 8 atom stereocenters. The first-order valence-electron chi connectivity index (χ1n) is 15.9. The number of aliphatic hydroxyl groups excluding tert-OH is 1. The number of fused-ring (bicyclic) bond motifs is 4. The number of carbonyl (C=O) groups is 3. The summed E-state index contributed by atoms with van der Waals surface area (Å²) in [5.74, 6) is -3.39. The number of ether oxygens (including phenoxy) is 4. The van der Waals surface area contributed by atoms with Crippen molar-refractivity contribution in [3.63, 3.8) is 0 Å². The van der Waals surface area contributed by atoms with Crippen molar-refractivity contribution in [1.29, 1.82) is 0 Å². The van der Waals surface area contributed by atoms with Crippen LogP contribution in [0.15, 0.2) is 64.1 Å². The molecule has 2 aromatic heterocycles. The molecule has 48 heavy (non-hydrogen) atoms. The topological polar surface area (TPSA) is 151 Å². The van der Waals surface area contributed by atoms with E-state index >= 15 is 0 Å². The minimum Gasteiger partial charge on any atom is -0.482 e. The summed E-state index contributed by atoms with van der Waals surface area (Å²) in [5, 5.41) is 12.3. The third-order valence-electron chi connectivity index (χ3n) is 10.8. The van der Waals surface area contributed by atoms with Gasteiger partial charge in [0.25, 0.3) is 0 Å². The van der Waals surface area contributed by atoms with Crippen LogP contribution in [0.2, 0.25) is 0 Å². The molecule has 0 radical (unpaired) electrons. The lowest BCUT2D eigenvalue weighted by molar-refractivity contribution is -0.266. The van der Waals surface area contributed by atoms with Crippen LogP contribution in [0.1, 0.15) is 75.9 Å². The SMILES string of the molecule is CC(=O)OC[C@@]1(C)[C@@H]2C[C@H](OC(=O)c3ccc(F)cc3)[C@@]3(C)Oc4cc(-c5cccnc5)oc(=O)c4[C@H](O)[C@@H]3[C@@]2(C)CC[C@@H]1OC(C)=O. The second kappa shape index (κ2) is 12.1. The zero-order valence-electron chi connectivity index (χ0n) is 27.4. The van der Waals surface area contributed by atoms with E-state index in [1.165, 1.54) is 38.2 Å². The molecule has 1 aromatic carbocycles. The van der Waals surface area contributed by atoms with Gasteiger partial charge in [-0.15, -0.1) is 0 Å². The van der Waals surface area contributed by atoms with Crippen LogP contribution in [0.5, 0.6) is 5.75 Å². The van der Waals surface area contributed by atoms with Gasteiger partial charge < -0.3 is 28.5 Å². The highest BCUT2D eigenvalue weighted by molar-refractivity contribution is 5.89. The average Bonchev–Trinajstić information content (AvgIpc) is 3.02. The molecule has 3 aliphatic rings. The van der Waals surface area contributed by atoms with Crippen molar-refractivity contribution < 1.29 is 47.2 Å². The van der Waals surface area contributed by atoms with Crippen molar-refractivity contribution in [2.45, 2.75) is 77.8 Å². The fraction of sp³-hybridized carbons (Fsp3) is 0.472. The van der Waals surface area contributed by atoms with Crippen LogP contribution < -0.4 is 10.4 Å². The summed E-state index contributed by atoms with van der Waals surface area (Å²) < 4.78 is 43.7. The molecule has 2 aliphatic carbocycles. The number of aromatic nitrogens is 1. The number of esters is 3. The first-order chi connectivity index (χ1) is 22.7. The lowest BCUT2D eigenvalue weighted by Gasteiger charge is -2.66. The van der Waals surface area contributed by atoms with E-state index in [9.17, 15) is 28.7 Å². The normalized spacial score (nSPS) is 32.0. The molecule has 2 saturated carbocycles. The fourth-order valence-corrected chi connectivity index (χ4v) is 8.62. The third kappa shape index (κ3) is 5.55. The van der Waals surface area contributed by atoms with E-state index < -0.39 is 75.9 Å². The number of rotatable bonds is 6. The number of nitrogens with zero attached hydrogens (tertiary/aromatic N) is 1. The Morgan fingerprint density at radius 2 is 1.77 bits per heavy atom. The van der Waals surface area contributed by atoms with Crippen LogP contribution in [-0.4, -0.2) is 52.4 Å². The number of halogens is 1. The zero-order valence-corrected chi connectivity index (χ0v) is 27.4. The molecule has 12 heteroatoms. The summed E-state index contributed by atoms with van der Waals surface area (Å²) in [6, 6.07) is 9.84. The molecule has 0 unspecified atom stereocenters. The van der Waals surface area contributed by atoms with Gasteiger partial charge in [0.2, 0.25) is 0 Å². The van der Waals surface area contributed by atoms with Crippen LogP contribution in [-0.2, 0) is 23.8 Å². The Kier molecular flexibility index (Phi) is 8.43. The van der Waals surface area contributed by atoms with Crippen molar-refractivity contribution in [2.75, 3.05) is 6.61 Å². The summed E-state index contributed by atoms with van der Waals surface area (Å²) >= 11 is 0. The number of carbonyl (C=O) groups excluding carboxylic acids is 3. The Bertz CT molecular complexity index is 1790. The summed E-state index contributed by atoms with van der Waals surface area (Å²) in [6.07, 6.45) is 0.917. The van der Waals surface area contributed by atoms with E-state index in [1.54, 1.807) is 25.3 Å². The molecule has 254 valence electrons. The maximum atomic E-state index is 13.7. The first-order valence-corrected chi connectivity index (χ1v) is 15.9. The standard InChI is InChI=1S/C36H38FNO10/c1-19(39)44-18-35(4)26-16-28(47-32(42)21-8-10-23(37)11-9-21)36(5)31(34(26,3)13-12-27(35)45-20(2)40)30(41)29-25(48-36)15-24(46-33(29)43)22-7-6-14-38-17-22/h6-11,14-15,17,26-28,30-31,41H,12-13,16,18H2,1-5H3/t26-,27+,28+,30+,31-,34+,35+,36-/m1/s1. The molecule has 6 rings (SSSR count). The molecule has 0 saturated heterocycles. The Morgan fingerprint density at radius 1 is 1.04 bits per heavy atom. The van der Waals surface area contributed by atoms with Gasteiger partial charge in [0.15, 0.2) is 0 Å². The molecule has 1 N–H and O–H groups in total. The van der Waals surface area contributed by atoms with E-state index in [2.05, 4.69) is 4.98 Å². The molecule has 3 aromatic rings. The van der Waals surface area contributed by atoms with E-state index in [-0.39, 0.29) is 35.7 Å². The third-order valence-corrected chi connectivity index (χ3v) is 10.8. The molecule has 2 fully saturated rings. The monoisotopic (exact) mass is 663 g/mol. The van der Waals surface area contributed by atoms with Crippen molar-refractivity contribution >= 4 is 17.9 Å². The quantitative estimate of drug-likeness (QED) is 0.274. The van der Waals surface area contributed by atoms with Gasteiger partial charge >= 0.3 is 23.5 Å². The number of benzene rings is 1. The Labute approximate surface area is 276 Å². The average molecular weight is 664 g/mol. The number of pyridine rings is 1. The van der Waals surface area contributed by atoms with Gasteiger partial charge in [-0.05, 0) is 73.9 Å². The minimum atomic E-state index is -1.43. The summed E-state index contributed by atoms with van der Waals surface area (Å²) in [7, 11) is 0. The zero-order chi connectivity index (χ0) is 34.6. The molecule has 3 heterocycles. The van der Waals surface area contributed by atoms with E-state index in [0.717, 1.165) is 12.1 Å². The van der Waals surface area contributed by atoms with Gasteiger partial charge in [-0.25, -0.2) is 14.0 Å². The van der Waals surface area contributed by atoms with Crippen LogP contribution in [0.4, 0.5) is 4.39 Å².